The van der Waals surface area contributed by atoms with Crippen LogP contribution in [0.3, 0.4) is 0 Å². The van der Waals surface area contributed by atoms with E-state index in [0.29, 0.717) is 0 Å². The summed E-state index contributed by atoms with van der Waals surface area (Å²) in [5.41, 5.74) is 0. The molecule has 20 heavy (non-hydrogen) atoms. The number of nitrogens with one attached hydrogen (secondary N) is 1. The van der Waals surface area contributed by atoms with E-state index in [0.717, 1.165) is 6.04 Å². The van der Waals surface area contributed by atoms with E-state index in [2.05, 4.69) is 24.2 Å². The summed E-state index contributed by atoms with van der Waals surface area (Å²) in [4.78, 5) is 2.78. The first kappa shape index (κ1) is 18.0. The Morgan fingerprint density at radius 2 is 1.65 bits per heavy atom. The zero-order chi connectivity index (χ0) is 14.5. The topological polar surface area (TPSA) is 15.3 Å². The van der Waals surface area contributed by atoms with Gasteiger partial charge in [0.25, 0.3) is 0 Å². The Morgan fingerprint density at radius 1 is 0.950 bits per heavy atom. The van der Waals surface area contributed by atoms with Crippen molar-refractivity contribution in [3.8, 4) is 0 Å². The van der Waals surface area contributed by atoms with Crippen LogP contribution in [-0.4, -0.2) is 37.6 Å². The Morgan fingerprint density at radius 3 is 2.35 bits per heavy atom. The smallest absolute Gasteiger partial charge is 0.0107 e. The molecule has 0 amide bonds. The van der Waals surface area contributed by atoms with Crippen LogP contribution in [-0.2, 0) is 0 Å². The molecule has 1 unspecified atom stereocenters. The highest BCUT2D eigenvalue weighted by atomic mass is 15.2. The lowest BCUT2D eigenvalue weighted by Crippen LogP contribution is -2.41. The van der Waals surface area contributed by atoms with Gasteiger partial charge in [-0.3, -0.25) is 0 Å². The first-order valence-electron chi connectivity index (χ1n) is 9.27. The number of hydrogen-bond acceptors (Lipinski definition) is 2. The van der Waals surface area contributed by atoms with Crippen LogP contribution in [0.5, 0.6) is 0 Å². The van der Waals surface area contributed by atoms with E-state index in [1.807, 2.05) is 0 Å². The Kier molecular flexibility index (Phi) is 11.4. The van der Waals surface area contributed by atoms with E-state index in [9.17, 15) is 0 Å². The first-order valence-corrected chi connectivity index (χ1v) is 9.27. The van der Waals surface area contributed by atoms with Gasteiger partial charge in [-0.05, 0) is 52.4 Å². The maximum atomic E-state index is 3.31. The Balaban J connectivity index is 2.00. The lowest BCUT2D eigenvalue weighted by atomic mass is 9.98. The van der Waals surface area contributed by atoms with Crippen molar-refractivity contribution in [3.05, 3.63) is 0 Å². The minimum absolute atomic E-state index is 0.862. The summed E-state index contributed by atoms with van der Waals surface area (Å²) in [5.74, 6) is 0. The van der Waals surface area contributed by atoms with Gasteiger partial charge in [0, 0.05) is 6.04 Å². The molecule has 0 aromatic rings. The van der Waals surface area contributed by atoms with Gasteiger partial charge in [0.15, 0.2) is 0 Å². The van der Waals surface area contributed by atoms with Crippen LogP contribution in [0.2, 0.25) is 0 Å². The molecule has 0 aromatic carbocycles. The third-order valence-electron chi connectivity index (χ3n) is 4.78. The molecule has 1 aliphatic rings. The molecule has 1 atom stereocenters. The van der Waals surface area contributed by atoms with E-state index >= 15 is 0 Å². The van der Waals surface area contributed by atoms with Gasteiger partial charge in [0.1, 0.15) is 0 Å². The van der Waals surface area contributed by atoms with Gasteiger partial charge in [0.05, 0.1) is 0 Å². The molecule has 1 aliphatic heterocycles. The Labute approximate surface area is 127 Å². The molecule has 1 saturated heterocycles. The molecule has 0 saturated carbocycles. The zero-order valence-corrected chi connectivity index (χ0v) is 14.1. The molecular weight excluding hydrogens is 244 g/mol. The molecule has 0 spiro atoms. The summed E-state index contributed by atoms with van der Waals surface area (Å²) in [7, 11) is 2.08. The molecule has 0 aliphatic carbocycles. The van der Waals surface area contributed by atoms with Gasteiger partial charge in [-0.15, -0.1) is 0 Å². The van der Waals surface area contributed by atoms with Crippen LogP contribution in [0.4, 0.5) is 0 Å². The number of hydrogen-bond donors (Lipinski definition) is 1. The van der Waals surface area contributed by atoms with Gasteiger partial charge in [-0.2, -0.15) is 0 Å². The zero-order valence-electron chi connectivity index (χ0n) is 14.1. The highest BCUT2D eigenvalue weighted by molar-refractivity contribution is 4.77. The van der Waals surface area contributed by atoms with Crippen molar-refractivity contribution in [1.29, 1.82) is 0 Å². The number of nitrogens with zero attached hydrogens (tertiary/aromatic N) is 1. The number of rotatable bonds is 12. The van der Waals surface area contributed by atoms with Crippen molar-refractivity contribution in [1.82, 2.24) is 10.2 Å². The quantitative estimate of drug-likeness (QED) is 0.527. The summed E-state index contributed by atoms with van der Waals surface area (Å²) in [5, 5.41) is 3.31. The van der Waals surface area contributed by atoms with E-state index in [1.165, 1.54) is 96.7 Å². The summed E-state index contributed by atoms with van der Waals surface area (Å²) in [6.07, 6.45) is 17.1. The molecule has 1 heterocycles. The highest BCUT2D eigenvalue weighted by Gasteiger charge is 2.20. The van der Waals surface area contributed by atoms with Crippen molar-refractivity contribution in [2.75, 3.05) is 26.7 Å². The summed E-state index contributed by atoms with van der Waals surface area (Å²) in [6, 6.07) is 0.862. The molecular formula is C18H38N2. The fourth-order valence-electron chi connectivity index (χ4n) is 3.44. The first-order chi connectivity index (χ1) is 9.88. The average Bonchev–Trinajstić information content (AvgIpc) is 2.49. The second-order valence-electron chi connectivity index (χ2n) is 6.55. The molecule has 1 fully saturated rings. The van der Waals surface area contributed by atoms with Gasteiger partial charge in [-0.1, -0.05) is 58.3 Å². The maximum absolute atomic E-state index is 3.31. The van der Waals surface area contributed by atoms with Gasteiger partial charge in [0.2, 0.25) is 0 Å². The normalized spacial score (nSPS) is 20.4. The fraction of sp³-hybridized carbons (Fsp3) is 1.00. The van der Waals surface area contributed by atoms with Crippen LogP contribution in [0.15, 0.2) is 0 Å². The Hall–Kier alpha value is -0.0800. The molecule has 2 heteroatoms. The molecule has 0 radical (unpaired) electrons. The second kappa shape index (κ2) is 12.6. The lowest BCUT2D eigenvalue weighted by molar-refractivity contribution is 0.137. The van der Waals surface area contributed by atoms with E-state index < -0.39 is 0 Å². The van der Waals surface area contributed by atoms with Crippen LogP contribution in [0.25, 0.3) is 0 Å². The van der Waals surface area contributed by atoms with Crippen molar-refractivity contribution in [2.24, 2.45) is 0 Å². The van der Waals surface area contributed by atoms with E-state index in [1.54, 1.807) is 0 Å². The van der Waals surface area contributed by atoms with Gasteiger partial charge in [-0.25, -0.2) is 0 Å². The maximum Gasteiger partial charge on any atom is 0.0107 e. The van der Waals surface area contributed by atoms with Crippen LogP contribution in [0.1, 0.15) is 84.0 Å². The predicted octanol–water partition coefficient (Wildman–Crippen LogP) is 4.59. The third kappa shape index (κ3) is 8.26. The van der Waals surface area contributed by atoms with Crippen molar-refractivity contribution in [2.45, 2.75) is 90.0 Å². The molecule has 0 aromatic heterocycles. The number of piperidine rings is 1. The predicted molar refractivity (Wildman–Crippen MR) is 90.4 cm³/mol. The van der Waals surface area contributed by atoms with Gasteiger partial charge < -0.3 is 10.2 Å². The largest absolute Gasteiger partial charge is 0.320 e. The lowest BCUT2D eigenvalue weighted by Gasteiger charge is -2.36. The van der Waals surface area contributed by atoms with Crippen molar-refractivity contribution >= 4 is 0 Å². The van der Waals surface area contributed by atoms with Crippen LogP contribution >= 0.6 is 0 Å². The molecule has 120 valence electrons. The van der Waals surface area contributed by atoms with Gasteiger partial charge >= 0.3 is 0 Å². The standard InChI is InChI=1S/C18H38N2/c1-3-4-5-6-7-8-9-11-16-20-17-12-10-13-18(20)14-15-19-2/h18-19H,3-17H2,1-2H3. The summed E-state index contributed by atoms with van der Waals surface area (Å²) >= 11 is 0. The molecule has 2 nitrogen and oxygen atoms in total. The summed E-state index contributed by atoms with van der Waals surface area (Å²) < 4.78 is 0. The average molecular weight is 283 g/mol. The molecule has 1 rings (SSSR count). The van der Waals surface area contributed by atoms with E-state index in [-0.39, 0.29) is 0 Å². The van der Waals surface area contributed by atoms with Crippen LogP contribution in [0, 0.1) is 0 Å². The monoisotopic (exact) mass is 282 g/mol. The van der Waals surface area contributed by atoms with Crippen molar-refractivity contribution < 1.29 is 0 Å². The minimum Gasteiger partial charge on any atom is -0.320 e. The SMILES string of the molecule is CCCCCCCCCCN1CCCCC1CCNC. The third-order valence-corrected chi connectivity index (χ3v) is 4.78. The minimum atomic E-state index is 0.862. The Bertz CT molecular complexity index is 206. The molecule has 1 N–H and O–H groups in total. The highest BCUT2D eigenvalue weighted by Crippen LogP contribution is 2.20. The van der Waals surface area contributed by atoms with Crippen molar-refractivity contribution in [3.63, 3.8) is 0 Å². The fourth-order valence-corrected chi connectivity index (χ4v) is 3.44. The number of unbranched alkanes of at least 4 members (excludes halogenated alkanes) is 7. The summed E-state index contributed by atoms with van der Waals surface area (Å²) in [6.45, 7) is 6.18. The number of likely N-dealkylation sites (tertiary alicyclic amines) is 1. The second-order valence-corrected chi connectivity index (χ2v) is 6.55. The molecule has 0 bridgehead atoms. The van der Waals surface area contributed by atoms with E-state index in [4.69, 9.17) is 0 Å². The van der Waals surface area contributed by atoms with Crippen LogP contribution < -0.4 is 5.32 Å².